The summed E-state index contributed by atoms with van der Waals surface area (Å²) in [6.07, 6.45) is 3.17. The van der Waals surface area contributed by atoms with Gasteiger partial charge in [-0.05, 0) is 18.6 Å². The first kappa shape index (κ1) is 12.4. The molecule has 1 aromatic carbocycles. The number of carbonyl (C=O) groups is 1. The van der Waals surface area contributed by atoms with Crippen LogP contribution in [0.2, 0.25) is 0 Å². The largest absolute Gasteiger partial charge is 0.472 e. The summed E-state index contributed by atoms with van der Waals surface area (Å²) in [4.78, 5) is 11.9. The molecule has 0 fully saturated rings. The van der Waals surface area contributed by atoms with Gasteiger partial charge in [0.05, 0.1) is 12.5 Å². The fraction of sp³-hybridized carbons (Fsp3) is 0.214. The highest BCUT2D eigenvalue weighted by molar-refractivity contribution is 5.82. The lowest BCUT2D eigenvalue weighted by Gasteiger charge is -2.12. The van der Waals surface area contributed by atoms with Crippen molar-refractivity contribution in [2.24, 2.45) is 5.73 Å². The second-order valence-electron chi connectivity index (χ2n) is 4.24. The van der Waals surface area contributed by atoms with Crippen molar-refractivity contribution in [1.82, 2.24) is 5.32 Å². The highest BCUT2D eigenvalue weighted by Crippen LogP contribution is 2.11. The van der Waals surface area contributed by atoms with E-state index in [1.807, 2.05) is 31.2 Å². The topological polar surface area (TPSA) is 68.3 Å². The Labute approximate surface area is 106 Å². The van der Waals surface area contributed by atoms with Gasteiger partial charge in [0.25, 0.3) is 0 Å². The SMILES string of the molecule is Cc1ccc(C(N)C(=O)NCc2ccoc2)cc1. The van der Waals surface area contributed by atoms with Crippen LogP contribution >= 0.6 is 0 Å². The van der Waals surface area contributed by atoms with Gasteiger partial charge in [-0.15, -0.1) is 0 Å². The molecule has 2 rings (SSSR count). The number of hydrogen-bond donors (Lipinski definition) is 2. The van der Waals surface area contributed by atoms with Gasteiger partial charge in [-0.2, -0.15) is 0 Å². The van der Waals surface area contributed by atoms with Gasteiger partial charge in [-0.1, -0.05) is 29.8 Å². The van der Waals surface area contributed by atoms with Crippen LogP contribution in [-0.4, -0.2) is 5.91 Å². The standard InChI is InChI=1S/C14H16N2O2/c1-10-2-4-12(5-3-10)13(15)14(17)16-8-11-6-7-18-9-11/h2-7,9,13H,8,15H2,1H3,(H,16,17). The molecule has 0 radical (unpaired) electrons. The number of carbonyl (C=O) groups excluding carboxylic acids is 1. The number of hydrogen-bond acceptors (Lipinski definition) is 3. The van der Waals surface area contributed by atoms with Crippen LogP contribution in [0.25, 0.3) is 0 Å². The normalized spacial score (nSPS) is 12.1. The van der Waals surface area contributed by atoms with Crippen molar-refractivity contribution in [2.45, 2.75) is 19.5 Å². The van der Waals surface area contributed by atoms with Crippen LogP contribution in [-0.2, 0) is 11.3 Å². The predicted octanol–water partition coefficient (Wildman–Crippen LogP) is 1.90. The fourth-order valence-corrected chi connectivity index (χ4v) is 1.62. The highest BCUT2D eigenvalue weighted by Gasteiger charge is 2.15. The van der Waals surface area contributed by atoms with Crippen molar-refractivity contribution in [2.75, 3.05) is 0 Å². The quantitative estimate of drug-likeness (QED) is 0.863. The van der Waals surface area contributed by atoms with Crippen LogP contribution < -0.4 is 11.1 Å². The number of nitrogens with two attached hydrogens (primary N) is 1. The minimum absolute atomic E-state index is 0.194. The molecular weight excluding hydrogens is 228 g/mol. The maximum atomic E-state index is 11.9. The second-order valence-corrected chi connectivity index (χ2v) is 4.24. The third-order valence-corrected chi connectivity index (χ3v) is 2.77. The van der Waals surface area contributed by atoms with E-state index in [2.05, 4.69) is 5.32 Å². The molecule has 4 nitrogen and oxygen atoms in total. The molecule has 1 aromatic heterocycles. The van der Waals surface area contributed by atoms with Crippen molar-refractivity contribution in [3.8, 4) is 0 Å². The molecule has 0 saturated heterocycles. The first-order valence-electron chi connectivity index (χ1n) is 5.78. The predicted molar refractivity (Wildman–Crippen MR) is 68.7 cm³/mol. The van der Waals surface area contributed by atoms with Gasteiger partial charge in [-0.25, -0.2) is 0 Å². The Morgan fingerprint density at radius 3 is 2.67 bits per heavy atom. The first-order valence-corrected chi connectivity index (χ1v) is 5.78. The third-order valence-electron chi connectivity index (χ3n) is 2.77. The van der Waals surface area contributed by atoms with Crippen LogP contribution in [0.3, 0.4) is 0 Å². The number of aryl methyl sites for hydroxylation is 1. The molecule has 0 bridgehead atoms. The summed E-state index contributed by atoms with van der Waals surface area (Å²) in [6, 6.07) is 8.79. The van der Waals surface area contributed by atoms with Gasteiger partial charge in [0.15, 0.2) is 0 Å². The van der Waals surface area contributed by atoms with Gasteiger partial charge in [0, 0.05) is 12.1 Å². The molecule has 1 unspecified atom stereocenters. The van der Waals surface area contributed by atoms with Crippen LogP contribution in [0.5, 0.6) is 0 Å². The van der Waals surface area contributed by atoms with E-state index in [1.165, 1.54) is 0 Å². The average molecular weight is 244 g/mol. The first-order chi connectivity index (χ1) is 8.66. The zero-order valence-corrected chi connectivity index (χ0v) is 10.2. The molecule has 0 aliphatic heterocycles. The van der Waals surface area contributed by atoms with Crippen molar-refractivity contribution < 1.29 is 9.21 Å². The maximum Gasteiger partial charge on any atom is 0.241 e. The van der Waals surface area contributed by atoms with E-state index in [4.69, 9.17) is 10.2 Å². The van der Waals surface area contributed by atoms with Gasteiger partial charge < -0.3 is 15.5 Å². The monoisotopic (exact) mass is 244 g/mol. The second kappa shape index (κ2) is 5.51. The minimum atomic E-state index is -0.641. The fourth-order valence-electron chi connectivity index (χ4n) is 1.62. The Balaban J connectivity index is 1.94. The molecule has 1 atom stereocenters. The Hall–Kier alpha value is -2.07. The van der Waals surface area contributed by atoms with Crippen LogP contribution in [0.15, 0.2) is 47.3 Å². The Morgan fingerprint density at radius 2 is 2.06 bits per heavy atom. The van der Waals surface area contributed by atoms with Crippen molar-refractivity contribution in [1.29, 1.82) is 0 Å². The van der Waals surface area contributed by atoms with E-state index in [0.29, 0.717) is 6.54 Å². The van der Waals surface area contributed by atoms with E-state index in [0.717, 1.165) is 16.7 Å². The Morgan fingerprint density at radius 1 is 1.33 bits per heavy atom. The lowest BCUT2D eigenvalue weighted by atomic mass is 10.1. The third kappa shape index (κ3) is 2.99. The molecule has 1 heterocycles. The molecule has 0 aliphatic rings. The number of nitrogens with one attached hydrogen (secondary N) is 1. The van der Waals surface area contributed by atoms with Gasteiger partial charge in [0.2, 0.25) is 5.91 Å². The summed E-state index contributed by atoms with van der Waals surface area (Å²) in [7, 11) is 0. The van der Waals surface area contributed by atoms with Crippen molar-refractivity contribution in [3.63, 3.8) is 0 Å². The summed E-state index contributed by atoms with van der Waals surface area (Å²) in [5.74, 6) is -0.194. The summed E-state index contributed by atoms with van der Waals surface area (Å²) in [5, 5.41) is 2.77. The maximum absolute atomic E-state index is 11.9. The molecule has 94 valence electrons. The van der Waals surface area contributed by atoms with Crippen molar-refractivity contribution >= 4 is 5.91 Å². The molecule has 3 N–H and O–H groups in total. The van der Waals surface area contributed by atoms with Crippen LogP contribution in [0.1, 0.15) is 22.7 Å². The molecule has 2 aromatic rings. The van der Waals surface area contributed by atoms with Gasteiger partial charge in [-0.3, -0.25) is 4.79 Å². The lowest BCUT2D eigenvalue weighted by Crippen LogP contribution is -2.33. The molecular formula is C14H16N2O2. The molecule has 18 heavy (non-hydrogen) atoms. The average Bonchev–Trinajstić information content (AvgIpc) is 2.89. The zero-order chi connectivity index (χ0) is 13.0. The number of amides is 1. The van der Waals surface area contributed by atoms with E-state index in [1.54, 1.807) is 18.6 Å². The lowest BCUT2D eigenvalue weighted by molar-refractivity contribution is -0.122. The van der Waals surface area contributed by atoms with E-state index >= 15 is 0 Å². The summed E-state index contributed by atoms with van der Waals surface area (Å²) in [6.45, 7) is 2.42. The minimum Gasteiger partial charge on any atom is -0.472 e. The van der Waals surface area contributed by atoms with Gasteiger partial charge >= 0.3 is 0 Å². The Kier molecular flexibility index (Phi) is 3.79. The number of furan rings is 1. The number of benzene rings is 1. The zero-order valence-electron chi connectivity index (χ0n) is 10.2. The summed E-state index contributed by atoms with van der Waals surface area (Å²) >= 11 is 0. The molecule has 4 heteroatoms. The number of rotatable bonds is 4. The van der Waals surface area contributed by atoms with Crippen LogP contribution in [0.4, 0.5) is 0 Å². The molecule has 0 spiro atoms. The summed E-state index contributed by atoms with van der Waals surface area (Å²) < 4.78 is 4.92. The van der Waals surface area contributed by atoms with E-state index in [9.17, 15) is 4.79 Å². The Bertz CT molecular complexity index is 503. The molecule has 0 saturated carbocycles. The smallest absolute Gasteiger partial charge is 0.241 e. The van der Waals surface area contributed by atoms with Gasteiger partial charge in [0.1, 0.15) is 6.04 Å². The van der Waals surface area contributed by atoms with Crippen molar-refractivity contribution in [3.05, 3.63) is 59.5 Å². The van der Waals surface area contributed by atoms with E-state index in [-0.39, 0.29) is 5.91 Å². The molecule has 0 aliphatic carbocycles. The summed E-state index contributed by atoms with van der Waals surface area (Å²) in [5.41, 5.74) is 8.76. The highest BCUT2D eigenvalue weighted by atomic mass is 16.3. The molecule has 1 amide bonds. The van der Waals surface area contributed by atoms with E-state index < -0.39 is 6.04 Å². The van der Waals surface area contributed by atoms with Crippen LogP contribution in [0, 0.1) is 6.92 Å².